The van der Waals surface area contributed by atoms with Gasteiger partial charge in [-0.05, 0) is 69.8 Å². The standard InChI is InChI=1S/C25H19BrO/c1-27-25-16-23(15-24(26)17-25)22-13-20(18-8-4-2-5-9-18)12-21(14-22)19-10-6-3-7-11-19/h2-17H,1H3. The van der Waals surface area contributed by atoms with Crippen molar-refractivity contribution < 1.29 is 4.74 Å². The highest BCUT2D eigenvalue weighted by molar-refractivity contribution is 9.10. The Balaban J connectivity index is 1.92. The minimum atomic E-state index is 0.839. The molecule has 0 aromatic heterocycles. The van der Waals surface area contributed by atoms with Crippen molar-refractivity contribution in [1.29, 1.82) is 0 Å². The molecule has 4 aromatic carbocycles. The molecule has 0 aliphatic carbocycles. The molecule has 0 atom stereocenters. The molecule has 0 saturated carbocycles. The average Bonchev–Trinajstić information content (AvgIpc) is 2.74. The molecule has 0 amide bonds. The zero-order chi connectivity index (χ0) is 18.6. The largest absolute Gasteiger partial charge is 0.497 e. The van der Waals surface area contributed by atoms with Crippen molar-refractivity contribution in [1.82, 2.24) is 0 Å². The van der Waals surface area contributed by atoms with Crippen LogP contribution in [0.1, 0.15) is 0 Å². The van der Waals surface area contributed by atoms with E-state index in [0.29, 0.717) is 0 Å². The Bertz CT molecular complexity index is 998. The fourth-order valence-corrected chi connectivity index (χ4v) is 3.71. The van der Waals surface area contributed by atoms with Crippen molar-refractivity contribution in [2.45, 2.75) is 0 Å². The zero-order valence-corrected chi connectivity index (χ0v) is 16.6. The van der Waals surface area contributed by atoms with Gasteiger partial charge in [-0.3, -0.25) is 0 Å². The van der Waals surface area contributed by atoms with E-state index in [9.17, 15) is 0 Å². The molecule has 0 spiro atoms. The highest BCUT2D eigenvalue weighted by Gasteiger charge is 2.09. The zero-order valence-electron chi connectivity index (χ0n) is 15.0. The van der Waals surface area contributed by atoms with Gasteiger partial charge >= 0.3 is 0 Å². The van der Waals surface area contributed by atoms with Gasteiger partial charge in [-0.2, -0.15) is 0 Å². The highest BCUT2D eigenvalue weighted by atomic mass is 79.9. The van der Waals surface area contributed by atoms with E-state index in [1.165, 1.54) is 22.3 Å². The summed E-state index contributed by atoms with van der Waals surface area (Å²) in [6, 6.07) is 33.9. The molecular formula is C25H19BrO. The molecule has 4 rings (SSSR count). The van der Waals surface area contributed by atoms with E-state index < -0.39 is 0 Å². The summed E-state index contributed by atoms with van der Waals surface area (Å²) < 4.78 is 6.46. The molecule has 0 aliphatic heterocycles. The quantitative estimate of drug-likeness (QED) is 0.336. The summed E-state index contributed by atoms with van der Waals surface area (Å²) in [7, 11) is 1.70. The van der Waals surface area contributed by atoms with E-state index in [1.54, 1.807) is 7.11 Å². The number of hydrogen-bond donors (Lipinski definition) is 0. The van der Waals surface area contributed by atoms with Crippen molar-refractivity contribution in [3.8, 4) is 39.1 Å². The molecule has 4 aromatic rings. The van der Waals surface area contributed by atoms with Crippen molar-refractivity contribution in [2.75, 3.05) is 7.11 Å². The maximum absolute atomic E-state index is 5.46. The summed E-state index contributed by atoms with van der Waals surface area (Å²) in [5.41, 5.74) is 7.10. The molecule has 0 N–H and O–H groups in total. The molecule has 0 aliphatic rings. The van der Waals surface area contributed by atoms with Crippen LogP contribution >= 0.6 is 15.9 Å². The smallest absolute Gasteiger partial charge is 0.120 e. The summed E-state index contributed by atoms with van der Waals surface area (Å²) in [4.78, 5) is 0. The minimum absolute atomic E-state index is 0.839. The second-order valence-electron chi connectivity index (χ2n) is 6.41. The predicted molar refractivity (Wildman–Crippen MR) is 117 cm³/mol. The second-order valence-corrected chi connectivity index (χ2v) is 7.33. The van der Waals surface area contributed by atoms with E-state index in [4.69, 9.17) is 4.74 Å². The first-order valence-electron chi connectivity index (χ1n) is 8.84. The molecular weight excluding hydrogens is 396 g/mol. The average molecular weight is 415 g/mol. The fraction of sp³-hybridized carbons (Fsp3) is 0.0400. The molecule has 27 heavy (non-hydrogen) atoms. The Morgan fingerprint density at radius 1 is 0.519 bits per heavy atom. The molecule has 0 radical (unpaired) electrons. The number of rotatable bonds is 4. The van der Waals surface area contributed by atoms with Gasteiger partial charge in [-0.25, -0.2) is 0 Å². The molecule has 0 saturated heterocycles. The van der Waals surface area contributed by atoms with Gasteiger partial charge in [0, 0.05) is 4.47 Å². The van der Waals surface area contributed by atoms with Gasteiger partial charge in [0.15, 0.2) is 0 Å². The second kappa shape index (κ2) is 7.81. The first kappa shape index (κ1) is 17.6. The Morgan fingerprint density at radius 2 is 0.963 bits per heavy atom. The van der Waals surface area contributed by atoms with E-state index >= 15 is 0 Å². The molecule has 0 unspecified atom stereocenters. The monoisotopic (exact) mass is 414 g/mol. The Kier molecular flexibility index (Phi) is 5.08. The van der Waals surface area contributed by atoms with Crippen LogP contribution in [0.2, 0.25) is 0 Å². The van der Waals surface area contributed by atoms with E-state index in [-0.39, 0.29) is 0 Å². The van der Waals surface area contributed by atoms with Crippen molar-refractivity contribution in [3.63, 3.8) is 0 Å². The van der Waals surface area contributed by atoms with Crippen LogP contribution in [0.15, 0.2) is 102 Å². The first-order valence-corrected chi connectivity index (χ1v) is 9.63. The summed E-state index contributed by atoms with van der Waals surface area (Å²) in [6.07, 6.45) is 0. The van der Waals surface area contributed by atoms with E-state index in [2.05, 4.69) is 94.8 Å². The van der Waals surface area contributed by atoms with Gasteiger partial charge in [0.2, 0.25) is 0 Å². The SMILES string of the molecule is COc1cc(Br)cc(-c2cc(-c3ccccc3)cc(-c3ccccc3)c2)c1. The number of methoxy groups -OCH3 is 1. The number of ether oxygens (including phenoxy) is 1. The molecule has 2 heteroatoms. The number of benzene rings is 4. The normalized spacial score (nSPS) is 10.6. The van der Waals surface area contributed by atoms with E-state index in [0.717, 1.165) is 21.3 Å². The Labute approximate surface area is 168 Å². The van der Waals surface area contributed by atoms with Crippen LogP contribution in [0.4, 0.5) is 0 Å². The van der Waals surface area contributed by atoms with Crippen LogP contribution in [0.5, 0.6) is 5.75 Å². The third kappa shape index (κ3) is 3.96. The minimum Gasteiger partial charge on any atom is -0.497 e. The third-order valence-electron chi connectivity index (χ3n) is 4.59. The maximum atomic E-state index is 5.46. The van der Waals surface area contributed by atoms with Crippen LogP contribution in [-0.2, 0) is 0 Å². The van der Waals surface area contributed by atoms with Crippen LogP contribution in [0.3, 0.4) is 0 Å². The summed E-state index contributed by atoms with van der Waals surface area (Å²) >= 11 is 3.60. The molecule has 0 heterocycles. The lowest BCUT2D eigenvalue weighted by Gasteiger charge is -2.12. The summed E-state index contributed by atoms with van der Waals surface area (Å²) in [6.45, 7) is 0. The Hall–Kier alpha value is -2.84. The summed E-state index contributed by atoms with van der Waals surface area (Å²) in [5.74, 6) is 0.839. The lowest BCUT2D eigenvalue weighted by Crippen LogP contribution is -1.88. The van der Waals surface area contributed by atoms with Gasteiger partial charge in [0.05, 0.1) is 7.11 Å². The first-order chi connectivity index (χ1) is 13.2. The molecule has 0 fully saturated rings. The summed E-state index contributed by atoms with van der Waals surface area (Å²) in [5, 5.41) is 0. The fourth-order valence-electron chi connectivity index (χ4n) is 3.24. The molecule has 132 valence electrons. The van der Waals surface area contributed by atoms with Gasteiger partial charge in [0.25, 0.3) is 0 Å². The van der Waals surface area contributed by atoms with Gasteiger partial charge in [0.1, 0.15) is 5.75 Å². The van der Waals surface area contributed by atoms with Crippen LogP contribution in [0.25, 0.3) is 33.4 Å². The van der Waals surface area contributed by atoms with E-state index in [1.807, 2.05) is 18.2 Å². The number of halogens is 1. The maximum Gasteiger partial charge on any atom is 0.120 e. The molecule has 0 bridgehead atoms. The van der Waals surface area contributed by atoms with Crippen LogP contribution in [-0.4, -0.2) is 7.11 Å². The number of hydrogen-bond acceptors (Lipinski definition) is 1. The van der Waals surface area contributed by atoms with Crippen molar-refractivity contribution >= 4 is 15.9 Å². The van der Waals surface area contributed by atoms with Crippen molar-refractivity contribution in [3.05, 3.63) is 102 Å². The lowest BCUT2D eigenvalue weighted by molar-refractivity contribution is 0.414. The Morgan fingerprint density at radius 3 is 1.44 bits per heavy atom. The van der Waals surface area contributed by atoms with Gasteiger partial charge in [-0.15, -0.1) is 0 Å². The van der Waals surface area contributed by atoms with Gasteiger partial charge in [-0.1, -0.05) is 76.6 Å². The third-order valence-corrected chi connectivity index (χ3v) is 5.05. The van der Waals surface area contributed by atoms with Crippen LogP contribution < -0.4 is 4.74 Å². The van der Waals surface area contributed by atoms with Crippen molar-refractivity contribution in [2.24, 2.45) is 0 Å². The topological polar surface area (TPSA) is 9.23 Å². The van der Waals surface area contributed by atoms with Crippen LogP contribution in [0, 0.1) is 0 Å². The van der Waals surface area contributed by atoms with Gasteiger partial charge < -0.3 is 4.74 Å². The highest BCUT2D eigenvalue weighted by Crippen LogP contribution is 2.35. The lowest BCUT2D eigenvalue weighted by atomic mass is 9.93. The molecule has 1 nitrogen and oxygen atoms in total. The predicted octanol–water partition coefficient (Wildman–Crippen LogP) is 7.46.